The van der Waals surface area contributed by atoms with Crippen LogP contribution in [0.5, 0.6) is 0 Å². The average molecular weight is 639 g/mol. The van der Waals surface area contributed by atoms with Crippen molar-refractivity contribution < 1.29 is 38.1 Å². The molecule has 0 spiro atoms. The Morgan fingerprint density at radius 2 is 0.891 bits per heavy atom. The van der Waals surface area contributed by atoms with Gasteiger partial charge in [0.25, 0.3) is 0 Å². The van der Waals surface area contributed by atoms with E-state index in [9.17, 15) is 19.2 Å². The van der Waals surface area contributed by atoms with E-state index in [1.54, 1.807) is 23.6 Å². The lowest BCUT2D eigenvalue weighted by atomic mass is 9.96. The van der Waals surface area contributed by atoms with Crippen molar-refractivity contribution in [1.82, 2.24) is 9.80 Å². The Morgan fingerprint density at radius 3 is 1.22 bits per heavy atom. The van der Waals surface area contributed by atoms with E-state index in [0.29, 0.717) is 65.4 Å². The fourth-order valence-electron chi connectivity index (χ4n) is 5.39. The molecule has 1 saturated heterocycles. The second-order valence-electron chi connectivity index (χ2n) is 12.1. The van der Waals surface area contributed by atoms with Gasteiger partial charge in [0.2, 0.25) is 11.8 Å². The first-order chi connectivity index (χ1) is 22.2. The van der Waals surface area contributed by atoms with Crippen LogP contribution in [-0.2, 0) is 51.3 Å². The van der Waals surface area contributed by atoms with Gasteiger partial charge < -0.3 is 28.7 Å². The number of nitrogens with zero attached hydrogens (tertiary/aromatic N) is 2. The smallest absolute Gasteiger partial charge is 0.309 e. The lowest BCUT2D eigenvalue weighted by Gasteiger charge is -2.29. The van der Waals surface area contributed by atoms with E-state index in [1.807, 2.05) is 74.5 Å². The molecule has 4 unspecified atom stereocenters. The predicted molar refractivity (Wildman–Crippen MR) is 173 cm³/mol. The number of amides is 2. The minimum atomic E-state index is -0.420. The van der Waals surface area contributed by atoms with E-state index in [0.717, 1.165) is 11.1 Å². The standard InChI is InChI=1S/C36H50N2O8/c1-27(23-29(3)35(41)45-25-31-11-7-5-8-12-31)33(39)37-15-19-43-21-17-38(18-22-44-20-16-37)34(40)28(2)24-30(4)36(42)46-26-32-13-9-6-10-14-32/h5-14,27-30H,15-26H2,1-4H3. The third kappa shape index (κ3) is 12.6. The molecule has 10 heteroatoms. The fourth-order valence-corrected chi connectivity index (χ4v) is 5.39. The summed E-state index contributed by atoms with van der Waals surface area (Å²) in [7, 11) is 0. The summed E-state index contributed by atoms with van der Waals surface area (Å²) in [6, 6.07) is 19.0. The lowest BCUT2D eigenvalue weighted by molar-refractivity contribution is -0.151. The second kappa shape index (κ2) is 19.7. The van der Waals surface area contributed by atoms with Crippen molar-refractivity contribution in [2.75, 3.05) is 52.6 Å². The largest absolute Gasteiger partial charge is 0.461 e. The number of hydrogen-bond donors (Lipinski definition) is 0. The number of carbonyl (C=O) groups excluding carboxylic acids is 4. The van der Waals surface area contributed by atoms with Crippen LogP contribution < -0.4 is 0 Å². The van der Waals surface area contributed by atoms with E-state index in [-0.39, 0.29) is 48.8 Å². The highest BCUT2D eigenvalue weighted by Crippen LogP contribution is 2.19. The molecule has 0 aliphatic carbocycles. The first kappa shape index (κ1) is 36.7. The Bertz CT molecular complexity index is 1120. The molecular weight excluding hydrogens is 588 g/mol. The van der Waals surface area contributed by atoms with Gasteiger partial charge in [0, 0.05) is 38.0 Å². The zero-order valence-electron chi connectivity index (χ0n) is 27.7. The zero-order valence-corrected chi connectivity index (χ0v) is 27.7. The van der Waals surface area contributed by atoms with Crippen molar-refractivity contribution in [2.24, 2.45) is 23.7 Å². The van der Waals surface area contributed by atoms with Gasteiger partial charge in [0.05, 0.1) is 38.3 Å². The summed E-state index contributed by atoms with van der Waals surface area (Å²) in [5, 5.41) is 0. The van der Waals surface area contributed by atoms with Crippen LogP contribution in [0.25, 0.3) is 0 Å². The van der Waals surface area contributed by atoms with Gasteiger partial charge >= 0.3 is 11.9 Å². The molecule has 1 fully saturated rings. The Balaban J connectivity index is 1.41. The third-order valence-electron chi connectivity index (χ3n) is 8.16. The average Bonchev–Trinajstić information content (AvgIpc) is 3.06. The molecule has 0 saturated carbocycles. The highest BCUT2D eigenvalue weighted by Gasteiger charge is 2.28. The van der Waals surface area contributed by atoms with Crippen molar-refractivity contribution in [3.8, 4) is 0 Å². The maximum absolute atomic E-state index is 13.3. The molecular formula is C36H50N2O8. The van der Waals surface area contributed by atoms with E-state index in [2.05, 4.69) is 0 Å². The molecule has 1 heterocycles. The van der Waals surface area contributed by atoms with Crippen LogP contribution in [0.2, 0.25) is 0 Å². The SMILES string of the molecule is CC(CC(C)C(=O)N1CCOCCN(C(=O)C(C)CC(C)C(=O)OCc2ccccc2)CCOCC1)C(=O)OCc1ccccc1. The normalized spacial score (nSPS) is 17.4. The Kier molecular flexibility index (Phi) is 15.7. The van der Waals surface area contributed by atoms with Gasteiger partial charge in [-0.1, -0.05) is 88.4 Å². The van der Waals surface area contributed by atoms with Crippen molar-refractivity contribution in [3.05, 3.63) is 71.8 Å². The van der Waals surface area contributed by atoms with Crippen LogP contribution in [0.4, 0.5) is 0 Å². The number of hydrogen-bond acceptors (Lipinski definition) is 8. The highest BCUT2D eigenvalue weighted by atomic mass is 16.5. The summed E-state index contributed by atoms with van der Waals surface area (Å²) < 4.78 is 22.6. The monoisotopic (exact) mass is 638 g/mol. The van der Waals surface area contributed by atoms with Crippen molar-refractivity contribution in [1.29, 1.82) is 0 Å². The molecule has 0 aromatic heterocycles. The fraction of sp³-hybridized carbons (Fsp3) is 0.556. The van der Waals surface area contributed by atoms with Gasteiger partial charge in [0.15, 0.2) is 0 Å². The molecule has 0 N–H and O–H groups in total. The summed E-state index contributed by atoms with van der Waals surface area (Å²) >= 11 is 0. The molecule has 1 aliphatic rings. The Hall–Kier alpha value is -3.76. The summed E-state index contributed by atoms with van der Waals surface area (Å²) in [6.07, 6.45) is 0.757. The van der Waals surface area contributed by atoms with Gasteiger partial charge in [0.1, 0.15) is 13.2 Å². The maximum Gasteiger partial charge on any atom is 0.309 e. The topological polar surface area (TPSA) is 112 Å². The maximum atomic E-state index is 13.3. The molecule has 2 aromatic carbocycles. The number of benzene rings is 2. The third-order valence-corrected chi connectivity index (χ3v) is 8.16. The number of ether oxygens (including phenoxy) is 4. The molecule has 4 atom stereocenters. The molecule has 252 valence electrons. The van der Waals surface area contributed by atoms with Crippen molar-refractivity contribution in [3.63, 3.8) is 0 Å². The van der Waals surface area contributed by atoms with Gasteiger partial charge in [-0.05, 0) is 24.0 Å². The summed E-state index contributed by atoms with van der Waals surface area (Å²) in [4.78, 5) is 55.1. The van der Waals surface area contributed by atoms with Gasteiger partial charge in [-0.25, -0.2) is 0 Å². The molecule has 2 aromatic rings. The lowest BCUT2D eigenvalue weighted by Crippen LogP contribution is -2.43. The molecule has 0 bridgehead atoms. The minimum absolute atomic E-state index is 0.0611. The van der Waals surface area contributed by atoms with Crippen LogP contribution in [0.15, 0.2) is 60.7 Å². The molecule has 46 heavy (non-hydrogen) atoms. The number of rotatable bonds is 12. The summed E-state index contributed by atoms with van der Waals surface area (Å²) in [5.74, 6) is -2.36. The van der Waals surface area contributed by atoms with E-state index >= 15 is 0 Å². The van der Waals surface area contributed by atoms with E-state index < -0.39 is 11.8 Å². The first-order valence-corrected chi connectivity index (χ1v) is 16.3. The molecule has 10 nitrogen and oxygen atoms in total. The van der Waals surface area contributed by atoms with Gasteiger partial charge in [-0.3, -0.25) is 19.2 Å². The van der Waals surface area contributed by atoms with Crippen LogP contribution in [-0.4, -0.2) is 86.2 Å². The summed E-state index contributed by atoms with van der Waals surface area (Å²) in [6.45, 7) is 10.4. The summed E-state index contributed by atoms with van der Waals surface area (Å²) in [5.41, 5.74) is 1.83. The van der Waals surface area contributed by atoms with Crippen molar-refractivity contribution >= 4 is 23.8 Å². The molecule has 1 aliphatic heterocycles. The molecule has 0 radical (unpaired) electrons. The van der Waals surface area contributed by atoms with E-state index in [1.165, 1.54) is 0 Å². The van der Waals surface area contributed by atoms with Gasteiger partial charge in [-0.15, -0.1) is 0 Å². The Labute approximate surface area is 273 Å². The molecule has 2 amide bonds. The minimum Gasteiger partial charge on any atom is -0.461 e. The number of carbonyl (C=O) groups is 4. The second-order valence-corrected chi connectivity index (χ2v) is 12.1. The quantitative estimate of drug-likeness (QED) is 0.313. The predicted octanol–water partition coefficient (Wildman–Crippen LogP) is 4.50. The van der Waals surface area contributed by atoms with E-state index in [4.69, 9.17) is 18.9 Å². The van der Waals surface area contributed by atoms with Crippen molar-refractivity contribution in [2.45, 2.75) is 53.8 Å². The Morgan fingerprint density at radius 1 is 0.565 bits per heavy atom. The van der Waals surface area contributed by atoms with Crippen LogP contribution >= 0.6 is 0 Å². The van der Waals surface area contributed by atoms with Gasteiger partial charge in [-0.2, -0.15) is 0 Å². The van der Waals surface area contributed by atoms with Crippen LogP contribution in [0.3, 0.4) is 0 Å². The molecule has 3 rings (SSSR count). The first-order valence-electron chi connectivity index (χ1n) is 16.3. The zero-order chi connectivity index (χ0) is 33.3. The highest BCUT2D eigenvalue weighted by molar-refractivity contribution is 5.80. The number of esters is 2. The van der Waals surface area contributed by atoms with Crippen LogP contribution in [0, 0.1) is 23.7 Å². The van der Waals surface area contributed by atoms with Crippen LogP contribution in [0.1, 0.15) is 51.7 Å².